The van der Waals surface area contributed by atoms with E-state index in [1.54, 1.807) is 0 Å². The number of amides is 8. The van der Waals surface area contributed by atoms with Crippen LogP contribution in [0.5, 0.6) is 11.5 Å². The molecular weight excluding hydrogens is 1040 g/mol. The number of carbonyl (C=O) groups is 8. The zero-order valence-corrected chi connectivity index (χ0v) is 47.2. The molecule has 4 rings (SSSR count). The second-order valence-corrected chi connectivity index (χ2v) is 20.7. The number of phenolic OH excluding ortho intramolecular Hbond substituents is 1. The standard InChI is InChI=1S/C50H79N8O17S.Na/c1-3-4-5-6-7-8-9-10-11-12-13-14-15-16-40(64)52-32-20-22-41(65)55-48(70)43-44(66)29(2)26-58(43)50(72)42(37(62)25-39(51)63)56-46(68)33(19-17-30-18-21-36(61)38(23-30)75-76(73)74)53-47(69)35-24-31(60)27-57(35)49(71)34(28-59)54-45(32)67;/h18,21,23,29,31-35,37,41-44,59-62,65-66H,3-17,19-20,22,24-28H2,1-2H3,(H2,51,63)(H,52,64)(H,53,69)(H,54,67)(H,55,70)(H,56,68);/q-1;+1. The smallest absolute Gasteiger partial charge is 0.530 e. The minimum Gasteiger partial charge on any atom is -0.530 e. The zero-order chi connectivity index (χ0) is 56.1. The van der Waals surface area contributed by atoms with Crippen LogP contribution < -0.4 is 66.1 Å². The van der Waals surface area contributed by atoms with Crippen molar-refractivity contribution in [3.63, 3.8) is 0 Å². The molecule has 0 bridgehead atoms. The Balaban J connectivity index is 0.0000156. The first-order chi connectivity index (χ1) is 36.1. The number of fused-ring (bicyclic) bond motifs is 2. The third-order valence-corrected chi connectivity index (χ3v) is 14.3. The number of primary amides is 1. The van der Waals surface area contributed by atoms with E-state index in [4.69, 9.17) is 5.73 Å². The number of nitrogens with one attached hydrogen (secondary N) is 5. The Morgan fingerprint density at radius 1 is 0.792 bits per heavy atom. The van der Waals surface area contributed by atoms with Crippen molar-refractivity contribution in [1.82, 2.24) is 36.4 Å². The van der Waals surface area contributed by atoms with Gasteiger partial charge in [0.1, 0.15) is 59.2 Å². The quantitative estimate of drug-likeness (QED) is 0.0267. The molecule has 0 radical (unpaired) electrons. The normalized spacial score (nSPS) is 26.3. The van der Waals surface area contributed by atoms with E-state index in [1.165, 1.54) is 57.9 Å². The van der Waals surface area contributed by atoms with E-state index in [0.29, 0.717) is 6.42 Å². The van der Waals surface area contributed by atoms with E-state index in [0.717, 1.165) is 54.0 Å². The maximum Gasteiger partial charge on any atom is 1.00 e. The number of unbranched alkanes of at least 4 members (excludes halogenated alkanes) is 12. The van der Waals surface area contributed by atoms with Crippen LogP contribution in [0.4, 0.5) is 0 Å². The summed E-state index contributed by atoms with van der Waals surface area (Å²) in [6, 6.07) is -6.84. The molecule has 11 atom stereocenters. The first-order valence-electron chi connectivity index (χ1n) is 26.5. The van der Waals surface area contributed by atoms with Gasteiger partial charge in [-0.1, -0.05) is 97.0 Å². The van der Waals surface area contributed by atoms with E-state index in [2.05, 4.69) is 37.7 Å². The van der Waals surface area contributed by atoms with Gasteiger partial charge >= 0.3 is 29.6 Å². The van der Waals surface area contributed by atoms with Crippen molar-refractivity contribution in [2.75, 3.05) is 19.7 Å². The topological polar surface area (TPSA) is 394 Å². The molecule has 11 unspecified atom stereocenters. The molecule has 25 nitrogen and oxygen atoms in total. The molecule has 27 heteroatoms. The van der Waals surface area contributed by atoms with E-state index in [1.807, 2.05) is 0 Å². The number of phenols is 1. The number of aromatic hydroxyl groups is 1. The van der Waals surface area contributed by atoms with Gasteiger partial charge in [-0.3, -0.25) is 38.4 Å². The molecule has 3 aliphatic heterocycles. The molecule has 13 N–H and O–H groups in total. The minimum absolute atomic E-state index is 0. The van der Waals surface area contributed by atoms with E-state index in [9.17, 15) is 77.4 Å². The fourth-order valence-corrected chi connectivity index (χ4v) is 10.1. The number of benzene rings is 1. The summed E-state index contributed by atoms with van der Waals surface area (Å²) < 4.78 is 27.2. The van der Waals surface area contributed by atoms with Crippen molar-refractivity contribution in [1.29, 1.82) is 0 Å². The largest absolute Gasteiger partial charge is 1.00 e. The van der Waals surface area contributed by atoms with Gasteiger partial charge in [-0.15, -0.1) is 0 Å². The molecule has 1 aromatic carbocycles. The van der Waals surface area contributed by atoms with Crippen LogP contribution >= 0.6 is 0 Å². The van der Waals surface area contributed by atoms with Crippen molar-refractivity contribution < 1.29 is 111 Å². The summed E-state index contributed by atoms with van der Waals surface area (Å²) in [4.78, 5) is 112. The number of hydrogen-bond donors (Lipinski definition) is 12. The SMILES string of the molecule is CCCCCCCCCCCCCCCC(=O)NC1CCC(O)NC(=O)C2C(O)C(C)CN2C(=O)C(C(O)CC(N)=O)NC(=O)C(CCc2ccc(O)c(O[S-](=O)=O)c2)NC(=O)C2CC(O)CN2C(=O)C(CO)NC1=O.[Na+]. The summed E-state index contributed by atoms with van der Waals surface area (Å²) in [6.45, 7) is 1.81. The predicted molar refractivity (Wildman–Crippen MR) is 271 cm³/mol. The molecule has 3 fully saturated rings. The summed E-state index contributed by atoms with van der Waals surface area (Å²) in [5.74, 6) is -10.1. The number of aliphatic hydroxyl groups excluding tert-OH is 5. The monoisotopic (exact) mass is 1120 g/mol. The molecule has 77 heavy (non-hydrogen) atoms. The van der Waals surface area contributed by atoms with Crippen molar-refractivity contribution in [2.45, 2.75) is 203 Å². The Morgan fingerprint density at radius 3 is 2.00 bits per heavy atom. The van der Waals surface area contributed by atoms with Crippen LogP contribution in [0.2, 0.25) is 0 Å². The fraction of sp³-hybridized carbons (Fsp3) is 0.720. The summed E-state index contributed by atoms with van der Waals surface area (Å²) >= 11 is 0. The van der Waals surface area contributed by atoms with Crippen LogP contribution in [0, 0.1) is 5.92 Å². The Morgan fingerprint density at radius 2 is 1.40 bits per heavy atom. The number of hydrogen-bond acceptors (Lipinski definition) is 18. The molecular formula is C50H79N8NaO17S. The minimum atomic E-state index is -3.11. The third kappa shape index (κ3) is 21.1. The van der Waals surface area contributed by atoms with E-state index >= 15 is 0 Å². The van der Waals surface area contributed by atoms with E-state index in [-0.39, 0.29) is 60.9 Å². The van der Waals surface area contributed by atoms with Crippen molar-refractivity contribution in [3.05, 3.63) is 23.8 Å². The number of nitrogens with two attached hydrogens (primary N) is 1. The molecule has 1 aromatic rings. The van der Waals surface area contributed by atoms with Crippen molar-refractivity contribution >= 4 is 58.2 Å². The van der Waals surface area contributed by atoms with Crippen molar-refractivity contribution in [3.8, 4) is 11.5 Å². The van der Waals surface area contributed by atoms with Crippen LogP contribution in [0.3, 0.4) is 0 Å². The van der Waals surface area contributed by atoms with E-state index < -0.39 is 175 Å². The van der Waals surface area contributed by atoms with Gasteiger partial charge in [0.2, 0.25) is 47.3 Å². The second kappa shape index (κ2) is 33.7. The molecule has 3 saturated heterocycles. The van der Waals surface area contributed by atoms with Crippen molar-refractivity contribution in [2.24, 2.45) is 11.7 Å². The maximum absolute atomic E-state index is 14.5. The molecule has 0 saturated carbocycles. The Labute approximate surface area is 473 Å². The molecule has 0 spiro atoms. The van der Waals surface area contributed by atoms with Crippen LogP contribution in [-0.4, -0.2) is 168 Å². The summed E-state index contributed by atoms with van der Waals surface area (Å²) in [7, 11) is -3.11. The van der Waals surface area contributed by atoms with Gasteiger partial charge in [0.05, 0.1) is 31.3 Å². The number of nitrogens with zero attached hydrogens (tertiary/aromatic N) is 2. The zero-order valence-electron chi connectivity index (χ0n) is 44.4. The van der Waals surface area contributed by atoms with Crippen LogP contribution in [-0.2, 0) is 64.2 Å². The number of rotatable bonds is 24. The molecule has 0 aromatic heterocycles. The average molecular weight is 1120 g/mol. The molecule has 8 amide bonds. The summed E-state index contributed by atoms with van der Waals surface area (Å²) in [5.41, 5.74) is 5.62. The molecule has 0 aliphatic carbocycles. The predicted octanol–water partition coefficient (Wildman–Crippen LogP) is -4.02. The van der Waals surface area contributed by atoms with Crippen LogP contribution in [0.1, 0.15) is 141 Å². The molecule has 428 valence electrons. The van der Waals surface area contributed by atoms with Gasteiger partial charge in [0.15, 0.2) is 5.75 Å². The Kier molecular flexibility index (Phi) is 29.1. The molecule has 3 aliphatic rings. The van der Waals surface area contributed by atoms with Gasteiger partial charge < -0.3 is 85.4 Å². The average Bonchev–Trinajstić information content (AvgIpc) is 3.91. The maximum atomic E-state index is 14.5. The Bertz CT molecular complexity index is 2220. The third-order valence-electron chi connectivity index (χ3n) is 14.0. The van der Waals surface area contributed by atoms with Gasteiger partial charge in [0.25, 0.3) is 0 Å². The Hall–Kier alpha value is -4.67. The number of aliphatic hydroxyl groups is 5. The second-order valence-electron chi connectivity index (χ2n) is 20.2. The summed E-state index contributed by atoms with van der Waals surface area (Å²) in [5, 5.41) is 77.2. The first kappa shape index (κ1) is 66.6. The number of aryl methyl sites for hydroxylation is 1. The fourth-order valence-electron chi connectivity index (χ4n) is 9.78. The van der Waals surface area contributed by atoms with Gasteiger partial charge in [-0.05, 0) is 49.8 Å². The van der Waals surface area contributed by atoms with Crippen LogP contribution in [0.25, 0.3) is 0 Å². The summed E-state index contributed by atoms with van der Waals surface area (Å²) in [6.07, 6.45) is 4.53. The van der Waals surface area contributed by atoms with Gasteiger partial charge in [-0.25, -0.2) is 0 Å². The van der Waals surface area contributed by atoms with Gasteiger partial charge in [-0.2, -0.15) is 0 Å². The first-order valence-corrected chi connectivity index (χ1v) is 27.5. The van der Waals surface area contributed by atoms with Gasteiger partial charge in [0, 0.05) is 31.8 Å². The number of carbonyl (C=O) groups excluding carboxylic acids is 8. The molecule has 3 heterocycles. The van der Waals surface area contributed by atoms with Crippen LogP contribution in [0.15, 0.2) is 18.2 Å².